The number of rotatable bonds is 4. The molecule has 1 N–H and O–H groups in total. The van der Waals surface area contributed by atoms with E-state index >= 15 is 0 Å². The molecule has 142 valence electrons. The summed E-state index contributed by atoms with van der Waals surface area (Å²) in [4.78, 5) is 21.0. The smallest absolute Gasteiger partial charge is 0.256 e. The van der Waals surface area contributed by atoms with Gasteiger partial charge in [-0.05, 0) is 30.7 Å². The van der Waals surface area contributed by atoms with E-state index in [2.05, 4.69) is 4.90 Å². The van der Waals surface area contributed by atoms with E-state index < -0.39 is 0 Å². The number of amides is 1. The number of hydrogen-bond acceptors (Lipinski definition) is 5. The molecule has 3 heterocycles. The molecule has 0 spiro atoms. The number of carbonyl (C=O) groups is 1. The van der Waals surface area contributed by atoms with Gasteiger partial charge in [0.15, 0.2) is 0 Å². The number of likely N-dealkylation sites (N-methyl/N-ethyl adjacent to an activating group) is 1. The van der Waals surface area contributed by atoms with E-state index in [1.807, 2.05) is 43.3 Å². The summed E-state index contributed by atoms with van der Waals surface area (Å²) >= 11 is 0. The van der Waals surface area contributed by atoms with Crippen LogP contribution in [0.3, 0.4) is 0 Å². The molecule has 0 radical (unpaired) electrons. The Labute approximate surface area is 159 Å². The van der Waals surface area contributed by atoms with Gasteiger partial charge in [0.1, 0.15) is 17.7 Å². The zero-order valence-corrected chi connectivity index (χ0v) is 15.8. The lowest BCUT2D eigenvalue weighted by Gasteiger charge is -2.34. The summed E-state index contributed by atoms with van der Waals surface area (Å²) in [5.74, 6) is 1.75. The summed E-state index contributed by atoms with van der Waals surface area (Å²) < 4.78 is 6.07. The summed E-state index contributed by atoms with van der Waals surface area (Å²) in [5, 5.41) is 9.68. The third-order valence-electron chi connectivity index (χ3n) is 5.51. The molecule has 2 aliphatic heterocycles. The Morgan fingerprint density at radius 2 is 1.93 bits per heavy atom. The molecule has 1 saturated heterocycles. The average Bonchev–Trinajstić information content (AvgIpc) is 2.92. The normalized spacial score (nSPS) is 20.1. The lowest BCUT2D eigenvalue weighted by molar-refractivity contribution is 0.0715. The maximum absolute atomic E-state index is 12.4. The number of aliphatic hydroxyl groups excluding tert-OH is 1. The number of para-hydroxylation sites is 1. The minimum Gasteiger partial charge on any atom is -0.490 e. The number of carbonyl (C=O) groups excluding carboxylic acids is 1. The van der Waals surface area contributed by atoms with E-state index in [1.54, 1.807) is 11.9 Å². The second kappa shape index (κ2) is 7.19. The fraction of sp³-hybridized carbons (Fsp3) is 0.429. The fourth-order valence-corrected chi connectivity index (χ4v) is 3.96. The number of anilines is 1. The van der Waals surface area contributed by atoms with Crippen LogP contribution >= 0.6 is 0 Å². The summed E-state index contributed by atoms with van der Waals surface area (Å²) in [6.45, 7) is 3.60. The van der Waals surface area contributed by atoms with E-state index in [4.69, 9.17) is 9.72 Å². The van der Waals surface area contributed by atoms with Crippen molar-refractivity contribution in [1.29, 1.82) is 0 Å². The molecule has 1 aromatic heterocycles. The van der Waals surface area contributed by atoms with Crippen molar-refractivity contribution in [2.45, 2.75) is 31.9 Å². The van der Waals surface area contributed by atoms with E-state index in [0.717, 1.165) is 43.1 Å². The topological polar surface area (TPSA) is 65.9 Å². The Hall–Kier alpha value is -2.60. The zero-order chi connectivity index (χ0) is 19.0. The van der Waals surface area contributed by atoms with E-state index in [0.29, 0.717) is 11.3 Å². The Morgan fingerprint density at radius 3 is 2.59 bits per heavy atom. The molecular formula is C21H25N3O3. The maximum Gasteiger partial charge on any atom is 0.256 e. The van der Waals surface area contributed by atoms with Crippen LogP contribution in [0.15, 0.2) is 36.4 Å². The summed E-state index contributed by atoms with van der Waals surface area (Å²) in [7, 11) is 1.71. The minimum absolute atomic E-state index is 0.0684. The summed E-state index contributed by atoms with van der Waals surface area (Å²) in [6.07, 6.45) is 2.06. The molecule has 2 aromatic rings. The van der Waals surface area contributed by atoms with Crippen LogP contribution in [0.1, 0.15) is 40.5 Å². The number of pyridine rings is 1. The van der Waals surface area contributed by atoms with Crippen molar-refractivity contribution in [3.05, 3.63) is 53.2 Å². The molecule has 0 bridgehead atoms. The van der Waals surface area contributed by atoms with Gasteiger partial charge in [-0.1, -0.05) is 18.2 Å². The number of nitrogens with zero attached hydrogens (tertiary/aromatic N) is 3. The standard InChI is InChI=1S/C21H25N3O3/c1-14-12-17-19(18(13-25)23(2)21(17)26)22-20(14)24-10-8-16(9-11-24)27-15-6-4-3-5-7-15/h3-7,12,16,18,25H,8-11,13H2,1-2H3/t18-/m1/s1. The first kappa shape index (κ1) is 17.8. The number of ether oxygens (including phenoxy) is 1. The lowest BCUT2D eigenvalue weighted by Crippen LogP contribution is -2.39. The van der Waals surface area contributed by atoms with Gasteiger partial charge in [0.2, 0.25) is 0 Å². The van der Waals surface area contributed by atoms with Crippen molar-refractivity contribution in [2.75, 3.05) is 31.6 Å². The largest absolute Gasteiger partial charge is 0.490 e. The Morgan fingerprint density at radius 1 is 1.22 bits per heavy atom. The average molecular weight is 367 g/mol. The lowest BCUT2D eigenvalue weighted by atomic mass is 10.1. The molecule has 1 atom stereocenters. The minimum atomic E-state index is -0.356. The molecule has 1 aromatic carbocycles. The molecule has 6 nitrogen and oxygen atoms in total. The van der Waals surface area contributed by atoms with Gasteiger partial charge in [-0.15, -0.1) is 0 Å². The van der Waals surface area contributed by atoms with E-state index in [1.165, 1.54) is 0 Å². The highest BCUT2D eigenvalue weighted by Crippen LogP contribution is 2.34. The molecular weight excluding hydrogens is 342 g/mol. The number of piperidine rings is 1. The number of fused-ring (bicyclic) bond motifs is 1. The Balaban J connectivity index is 1.49. The SMILES string of the molecule is Cc1cc2c(nc1N1CCC(Oc3ccccc3)CC1)[C@@H](CO)N(C)C2=O. The van der Waals surface area contributed by atoms with Crippen molar-refractivity contribution in [1.82, 2.24) is 9.88 Å². The molecule has 0 unspecified atom stereocenters. The molecule has 4 rings (SSSR count). The van der Waals surface area contributed by atoms with Crippen molar-refractivity contribution < 1.29 is 14.6 Å². The summed E-state index contributed by atoms with van der Waals surface area (Å²) in [5.41, 5.74) is 2.30. The highest BCUT2D eigenvalue weighted by Gasteiger charge is 2.36. The van der Waals surface area contributed by atoms with E-state index in [9.17, 15) is 9.90 Å². The van der Waals surface area contributed by atoms with Crippen LogP contribution in [-0.2, 0) is 0 Å². The molecule has 27 heavy (non-hydrogen) atoms. The van der Waals surface area contributed by atoms with Gasteiger partial charge in [-0.2, -0.15) is 0 Å². The third-order valence-corrected chi connectivity index (χ3v) is 5.51. The van der Waals surface area contributed by atoms with Crippen LogP contribution in [0.2, 0.25) is 0 Å². The van der Waals surface area contributed by atoms with Crippen molar-refractivity contribution >= 4 is 11.7 Å². The monoisotopic (exact) mass is 367 g/mol. The molecule has 2 aliphatic rings. The number of aryl methyl sites for hydroxylation is 1. The van der Waals surface area contributed by atoms with Crippen LogP contribution in [0.5, 0.6) is 5.75 Å². The molecule has 1 fully saturated rings. The van der Waals surface area contributed by atoms with Gasteiger partial charge < -0.3 is 19.6 Å². The summed E-state index contributed by atoms with van der Waals surface area (Å²) in [6, 6.07) is 11.5. The van der Waals surface area contributed by atoms with Gasteiger partial charge in [0, 0.05) is 33.0 Å². The van der Waals surface area contributed by atoms with Crippen LogP contribution in [0.25, 0.3) is 0 Å². The number of hydrogen-bond donors (Lipinski definition) is 1. The predicted octanol–water partition coefficient (Wildman–Crippen LogP) is 2.56. The van der Waals surface area contributed by atoms with Crippen molar-refractivity contribution in [3.63, 3.8) is 0 Å². The Kier molecular flexibility index (Phi) is 4.74. The van der Waals surface area contributed by atoms with Crippen molar-refractivity contribution in [2.24, 2.45) is 0 Å². The van der Waals surface area contributed by atoms with Gasteiger partial charge in [0.05, 0.1) is 23.9 Å². The van der Waals surface area contributed by atoms with Crippen molar-refractivity contribution in [3.8, 4) is 5.75 Å². The number of aliphatic hydroxyl groups is 1. The van der Waals surface area contributed by atoms with Crippen LogP contribution < -0.4 is 9.64 Å². The molecule has 0 aliphatic carbocycles. The third kappa shape index (κ3) is 3.25. The molecule has 6 heteroatoms. The second-order valence-electron chi connectivity index (χ2n) is 7.29. The first-order chi connectivity index (χ1) is 13.1. The van der Waals surface area contributed by atoms with Crippen LogP contribution in [0.4, 0.5) is 5.82 Å². The molecule has 0 saturated carbocycles. The maximum atomic E-state index is 12.4. The fourth-order valence-electron chi connectivity index (χ4n) is 3.96. The molecule has 1 amide bonds. The van der Waals surface area contributed by atoms with Gasteiger partial charge >= 0.3 is 0 Å². The van der Waals surface area contributed by atoms with Gasteiger partial charge in [-0.25, -0.2) is 4.98 Å². The first-order valence-corrected chi connectivity index (χ1v) is 9.44. The predicted molar refractivity (Wildman–Crippen MR) is 103 cm³/mol. The number of aromatic nitrogens is 1. The second-order valence-corrected chi connectivity index (χ2v) is 7.29. The van der Waals surface area contributed by atoms with Gasteiger partial charge in [-0.3, -0.25) is 4.79 Å². The van der Waals surface area contributed by atoms with E-state index in [-0.39, 0.29) is 24.7 Å². The first-order valence-electron chi connectivity index (χ1n) is 9.44. The highest BCUT2D eigenvalue weighted by molar-refractivity contribution is 5.99. The number of benzene rings is 1. The van der Waals surface area contributed by atoms with Crippen LogP contribution in [0, 0.1) is 6.92 Å². The zero-order valence-electron chi connectivity index (χ0n) is 15.8. The quantitative estimate of drug-likeness (QED) is 0.900. The Bertz CT molecular complexity index is 832. The highest BCUT2D eigenvalue weighted by atomic mass is 16.5. The van der Waals surface area contributed by atoms with Gasteiger partial charge in [0.25, 0.3) is 5.91 Å². The van der Waals surface area contributed by atoms with Crippen LogP contribution in [-0.4, -0.2) is 53.7 Å².